The number of nitrogens with zero attached hydrogens (tertiary/aromatic N) is 4. The lowest BCUT2D eigenvalue weighted by molar-refractivity contribution is -0.149. The molecule has 1 fully saturated rings. The van der Waals surface area contributed by atoms with Crippen LogP contribution in [0.2, 0.25) is 0 Å². The summed E-state index contributed by atoms with van der Waals surface area (Å²) in [5.41, 5.74) is 1.02. The number of likely N-dealkylation sites (N-methyl/N-ethyl adjacent to an activating group) is 2. The Hall–Kier alpha value is -4.71. The number of hydrogen-bond acceptors (Lipinski definition) is 16. The summed E-state index contributed by atoms with van der Waals surface area (Å²) in [4.78, 5) is 86.7. The van der Waals surface area contributed by atoms with Gasteiger partial charge in [0.2, 0.25) is 17.7 Å². The van der Waals surface area contributed by atoms with Gasteiger partial charge in [-0.3, -0.25) is 33.7 Å². The van der Waals surface area contributed by atoms with E-state index in [-0.39, 0.29) is 116 Å². The fourth-order valence-electron chi connectivity index (χ4n) is 10.5. The zero-order valence-electron chi connectivity index (χ0n) is 50.3. The van der Waals surface area contributed by atoms with Crippen LogP contribution in [0.4, 0.5) is 0 Å². The van der Waals surface area contributed by atoms with Gasteiger partial charge >= 0.3 is 0 Å². The van der Waals surface area contributed by atoms with Crippen molar-refractivity contribution < 1.29 is 71.8 Å². The quantitative estimate of drug-likeness (QED) is 0.0350. The van der Waals surface area contributed by atoms with E-state index in [1.807, 2.05) is 83.7 Å². The third-order valence-corrected chi connectivity index (χ3v) is 15.7. The maximum atomic E-state index is 14.7. The monoisotopic (exact) mass is 1160 g/mol. The highest BCUT2D eigenvalue weighted by atomic mass is 32.1. The van der Waals surface area contributed by atoms with Crippen LogP contribution < -0.4 is 5.32 Å². The van der Waals surface area contributed by atoms with E-state index < -0.39 is 36.3 Å². The smallest absolute Gasteiger partial charge is 0.253 e. The summed E-state index contributed by atoms with van der Waals surface area (Å²) < 4.78 is 45.4. The van der Waals surface area contributed by atoms with Gasteiger partial charge in [-0.1, -0.05) is 104 Å². The molecule has 0 aromatic heterocycles. The molecule has 20 nitrogen and oxygen atoms in total. The molecule has 458 valence electrons. The maximum absolute atomic E-state index is 14.7. The first-order valence-corrected chi connectivity index (χ1v) is 29.2. The lowest BCUT2D eigenvalue weighted by atomic mass is 9.83. The van der Waals surface area contributed by atoms with Gasteiger partial charge in [0, 0.05) is 65.3 Å². The predicted molar refractivity (Wildman–Crippen MR) is 312 cm³/mol. The van der Waals surface area contributed by atoms with Gasteiger partial charge in [-0.05, 0) is 42.6 Å². The third-order valence-electron chi connectivity index (χ3n) is 15.3. The highest BCUT2D eigenvalue weighted by molar-refractivity contribution is 7.80. The molecular formula is C60H97N5O15S. The second-order valence-corrected chi connectivity index (χ2v) is 22.1. The Labute approximate surface area is 487 Å². The summed E-state index contributed by atoms with van der Waals surface area (Å²) in [5.74, 6) is -3.01. The van der Waals surface area contributed by atoms with E-state index in [4.69, 9.17) is 50.1 Å². The van der Waals surface area contributed by atoms with Gasteiger partial charge in [-0.15, -0.1) is 0 Å². The minimum Gasteiger partial charge on any atom is -0.511 e. The molecule has 2 aliphatic rings. The Kier molecular flexibility index (Phi) is 33.3. The predicted octanol–water partition coefficient (Wildman–Crippen LogP) is 5.64. The first-order valence-electron chi connectivity index (χ1n) is 28.8. The number of thiocarbonyl (C=S) groups is 1. The summed E-state index contributed by atoms with van der Waals surface area (Å²) >= 11 is 5.90. The minimum atomic E-state index is -0.764. The molecule has 5 amide bonds. The molecule has 0 bridgehead atoms. The van der Waals surface area contributed by atoms with Crippen LogP contribution in [0.5, 0.6) is 0 Å². The molecule has 0 radical (unpaired) electrons. The number of aliphatic hydroxyl groups is 1. The Bertz CT molecular complexity index is 2110. The molecule has 1 unspecified atom stereocenters. The first-order chi connectivity index (χ1) is 38.7. The fraction of sp³-hybridized carbons (Fsp3) is 0.717. The van der Waals surface area contributed by atoms with E-state index in [9.17, 15) is 33.9 Å². The largest absolute Gasteiger partial charge is 0.511 e. The zero-order chi connectivity index (χ0) is 60.0. The van der Waals surface area contributed by atoms with Crippen molar-refractivity contribution in [3.63, 3.8) is 0 Å². The van der Waals surface area contributed by atoms with Crippen molar-refractivity contribution in [3.8, 4) is 0 Å². The van der Waals surface area contributed by atoms with Crippen LogP contribution in [0, 0.1) is 29.6 Å². The van der Waals surface area contributed by atoms with Crippen molar-refractivity contribution in [3.05, 3.63) is 60.4 Å². The number of hydrogen-bond donors (Lipinski definition) is 2. The van der Waals surface area contributed by atoms with Gasteiger partial charge in [-0.25, -0.2) is 0 Å². The van der Waals surface area contributed by atoms with Gasteiger partial charge in [-0.2, -0.15) is 0 Å². The second-order valence-electron chi connectivity index (χ2n) is 21.6. The normalized spacial score (nSPS) is 17.5. The number of benzene rings is 1. The Balaban J connectivity index is 1.44. The number of rotatable bonds is 43. The topological polar surface area (TPSA) is 221 Å². The number of imide groups is 1. The van der Waals surface area contributed by atoms with Crippen LogP contribution >= 0.6 is 12.2 Å². The van der Waals surface area contributed by atoms with E-state index >= 15 is 0 Å². The van der Waals surface area contributed by atoms with E-state index in [0.717, 1.165) is 16.9 Å². The Morgan fingerprint density at radius 2 is 1.28 bits per heavy atom. The minimum absolute atomic E-state index is 0.0173. The highest BCUT2D eigenvalue weighted by Gasteiger charge is 2.43. The number of nitrogens with one attached hydrogen (secondary N) is 1. The van der Waals surface area contributed by atoms with Crippen LogP contribution in [-0.4, -0.2) is 222 Å². The second kappa shape index (κ2) is 38.2. The molecule has 0 spiro atoms. The van der Waals surface area contributed by atoms with E-state index in [1.165, 1.54) is 17.1 Å². The SMILES string of the molecule is C=C(O)C(Cc1ccccc1)NC(=S)[C@H](C)[C@@H](OC)[C@@H]1CCCN1C(=O)C[C@@H](OC)[C@H]([C@@H](C)CC)N(C)C(=O)[C@@H](CC(=O)[C@H](C(C)C)N(C)C(=O)CCOCCOCCOCCOCCOCCOCCN1C(=O)C=CC1=O)C(C)C. The summed E-state index contributed by atoms with van der Waals surface area (Å²) in [6.45, 7) is 22.1. The van der Waals surface area contributed by atoms with Crippen molar-refractivity contribution in [1.29, 1.82) is 0 Å². The molecule has 0 saturated carbocycles. The molecule has 2 aliphatic heterocycles. The van der Waals surface area contributed by atoms with Crippen LogP contribution in [0.15, 0.2) is 54.8 Å². The van der Waals surface area contributed by atoms with Crippen LogP contribution in [-0.2, 0) is 73.1 Å². The number of ether oxygens (including phenoxy) is 8. The lowest BCUT2D eigenvalue weighted by Crippen LogP contribution is -2.54. The molecule has 0 aliphatic carbocycles. The highest BCUT2D eigenvalue weighted by Crippen LogP contribution is 2.31. The molecule has 2 heterocycles. The van der Waals surface area contributed by atoms with Crippen LogP contribution in [0.3, 0.4) is 0 Å². The molecule has 21 heteroatoms. The van der Waals surface area contributed by atoms with Gasteiger partial charge in [0.25, 0.3) is 11.8 Å². The van der Waals surface area contributed by atoms with Crippen molar-refractivity contribution in [2.75, 3.05) is 121 Å². The standard InChI is InChI=1S/C60H97N5O15S/c1-13-43(6)57(51(73-11)40-55(71)64-24-17-20-49(64)58(74-12)44(7)59(81)61-48(45(8)66)38-46-18-15-14-16-19-46)63(10)60(72)47(41(2)3)39-50(67)56(42(4)5)62(9)52(68)23-26-75-28-30-77-32-34-79-36-37-80-35-33-78-31-29-76-27-25-65-53(69)21-22-54(65)70/h14-16,18-19,21-22,41-44,47-49,51,56-58,66H,8,13,17,20,23-40H2,1-7,9-12H3,(H,61,81)/t43-,44+,47-,48?,49-,51+,56-,57-,58+/m0/s1. The van der Waals surface area contributed by atoms with Crippen molar-refractivity contribution in [2.45, 2.75) is 130 Å². The van der Waals surface area contributed by atoms with Crippen LogP contribution in [0.25, 0.3) is 0 Å². The molecule has 1 saturated heterocycles. The van der Waals surface area contributed by atoms with Gasteiger partial charge in [0.1, 0.15) is 5.76 Å². The number of amides is 5. The number of carbonyl (C=O) groups excluding carboxylic acids is 6. The Morgan fingerprint density at radius 3 is 1.77 bits per heavy atom. The van der Waals surface area contributed by atoms with E-state index in [2.05, 4.69) is 11.9 Å². The fourth-order valence-corrected chi connectivity index (χ4v) is 10.7. The molecular weight excluding hydrogens is 1060 g/mol. The number of methoxy groups -OCH3 is 2. The van der Waals surface area contributed by atoms with Crippen molar-refractivity contribution in [1.82, 2.24) is 24.9 Å². The first kappa shape index (κ1) is 70.6. The summed E-state index contributed by atoms with van der Waals surface area (Å²) in [7, 11) is 6.55. The Morgan fingerprint density at radius 1 is 0.753 bits per heavy atom. The van der Waals surface area contributed by atoms with Gasteiger partial charge in [0.05, 0.1) is 140 Å². The summed E-state index contributed by atoms with van der Waals surface area (Å²) in [6.07, 6.45) is 4.06. The zero-order valence-corrected chi connectivity index (χ0v) is 51.1. The lowest BCUT2D eigenvalue weighted by Gasteiger charge is -2.41. The average molecular weight is 1160 g/mol. The van der Waals surface area contributed by atoms with Crippen LogP contribution in [0.1, 0.15) is 92.6 Å². The number of likely N-dealkylation sites (tertiary alicyclic amines) is 1. The van der Waals surface area contributed by atoms with Crippen molar-refractivity contribution in [2.24, 2.45) is 29.6 Å². The third kappa shape index (κ3) is 23.5. The van der Waals surface area contributed by atoms with Gasteiger partial charge in [0.15, 0.2) is 5.78 Å². The van der Waals surface area contributed by atoms with Crippen molar-refractivity contribution >= 4 is 52.5 Å². The number of ketones is 1. The summed E-state index contributed by atoms with van der Waals surface area (Å²) in [6, 6.07) is 7.72. The molecule has 1 aromatic carbocycles. The number of aliphatic hydroxyl groups excluding tert-OH is 1. The van der Waals surface area contributed by atoms with Gasteiger partial charge < -0.3 is 63.0 Å². The molecule has 1 aromatic rings. The van der Waals surface area contributed by atoms with E-state index in [1.54, 1.807) is 33.2 Å². The van der Waals surface area contributed by atoms with E-state index in [0.29, 0.717) is 90.3 Å². The summed E-state index contributed by atoms with van der Waals surface area (Å²) in [5, 5.41) is 13.8. The number of Topliss-reactive ketones (excluding diaryl/α,β-unsaturated/α-hetero) is 1. The number of carbonyl (C=O) groups is 6. The molecule has 3 rings (SSSR count). The average Bonchev–Trinajstić information content (AvgIpc) is 4.06. The molecule has 81 heavy (non-hydrogen) atoms. The molecule has 9 atom stereocenters. The molecule has 2 N–H and O–H groups in total. The maximum Gasteiger partial charge on any atom is 0.253 e.